The predicted molar refractivity (Wildman–Crippen MR) is 88.3 cm³/mol. The Labute approximate surface area is 127 Å². The van der Waals surface area contributed by atoms with Crippen LogP contribution in [0.3, 0.4) is 0 Å². The molecule has 2 N–H and O–H groups in total. The summed E-state index contributed by atoms with van der Waals surface area (Å²) in [5, 5.41) is 0. The van der Waals surface area contributed by atoms with Crippen LogP contribution in [-0.4, -0.2) is 35.0 Å². The number of hydrogen-bond donors (Lipinski definition) is 1. The summed E-state index contributed by atoms with van der Waals surface area (Å²) in [6.45, 7) is 7.70. The monoisotopic (exact) mass is 290 g/mol. The highest BCUT2D eigenvalue weighted by Gasteiger charge is 2.32. The summed E-state index contributed by atoms with van der Waals surface area (Å²) in [5.74, 6) is 2.04. The molecule has 1 aromatic rings. The van der Waals surface area contributed by atoms with Gasteiger partial charge in [-0.05, 0) is 43.7 Å². The van der Waals surface area contributed by atoms with Crippen LogP contribution in [0.4, 0.5) is 0 Å². The lowest BCUT2D eigenvalue weighted by molar-refractivity contribution is 0.192. The van der Waals surface area contributed by atoms with E-state index in [0.717, 1.165) is 25.6 Å². The molecule has 2 nitrogen and oxygen atoms in total. The van der Waals surface area contributed by atoms with Crippen LogP contribution in [0.1, 0.15) is 49.8 Å². The standard InChI is InChI=1S/C17H26N2S/c1-17(2)12-19(8-9-20-17)16(11-18)15-5-3-4-14(10-15)13-6-7-13/h3-5,10,13,16H,6-9,11-12,18H2,1-2H3. The normalized spacial score (nSPS) is 24.6. The van der Waals surface area contributed by atoms with E-state index < -0.39 is 0 Å². The Balaban J connectivity index is 1.80. The number of benzene rings is 1. The highest BCUT2D eigenvalue weighted by atomic mass is 32.2. The summed E-state index contributed by atoms with van der Waals surface area (Å²) in [7, 11) is 0. The molecule has 1 heterocycles. The number of hydrogen-bond acceptors (Lipinski definition) is 3. The molecule has 1 atom stereocenters. The molecular formula is C17H26N2S. The largest absolute Gasteiger partial charge is 0.329 e. The van der Waals surface area contributed by atoms with Gasteiger partial charge >= 0.3 is 0 Å². The van der Waals surface area contributed by atoms with E-state index in [1.165, 1.54) is 29.7 Å². The zero-order valence-corrected chi connectivity index (χ0v) is 13.5. The average Bonchev–Trinajstić information content (AvgIpc) is 3.23. The summed E-state index contributed by atoms with van der Waals surface area (Å²) in [6.07, 6.45) is 2.73. The van der Waals surface area contributed by atoms with Crippen LogP contribution in [-0.2, 0) is 0 Å². The lowest BCUT2D eigenvalue weighted by Gasteiger charge is -2.41. The fraction of sp³-hybridized carbons (Fsp3) is 0.647. The molecule has 0 bridgehead atoms. The second kappa shape index (κ2) is 5.70. The van der Waals surface area contributed by atoms with Gasteiger partial charge in [0.25, 0.3) is 0 Å². The molecule has 2 fully saturated rings. The van der Waals surface area contributed by atoms with Crippen LogP contribution in [0.5, 0.6) is 0 Å². The maximum Gasteiger partial charge on any atom is 0.0471 e. The number of thioether (sulfide) groups is 1. The molecular weight excluding hydrogens is 264 g/mol. The Morgan fingerprint density at radius 3 is 2.85 bits per heavy atom. The van der Waals surface area contributed by atoms with E-state index in [0.29, 0.717) is 10.8 Å². The van der Waals surface area contributed by atoms with Crippen LogP contribution in [0, 0.1) is 0 Å². The van der Waals surface area contributed by atoms with Crippen molar-refractivity contribution in [3.8, 4) is 0 Å². The summed E-state index contributed by atoms with van der Waals surface area (Å²) >= 11 is 2.08. The van der Waals surface area contributed by atoms with Crippen molar-refractivity contribution in [3.05, 3.63) is 35.4 Å². The van der Waals surface area contributed by atoms with Crippen molar-refractivity contribution in [2.24, 2.45) is 5.73 Å². The molecule has 1 saturated carbocycles. The molecule has 1 saturated heterocycles. The summed E-state index contributed by atoms with van der Waals surface area (Å²) in [5.41, 5.74) is 9.05. The van der Waals surface area contributed by atoms with Crippen LogP contribution in [0.2, 0.25) is 0 Å². The SMILES string of the molecule is CC1(C)CN(C(CN)c2cccc(C3CC3)c2)CCS1. The molecule has 0 aromatic heterocycles. The third-order valence-corrected chi connectivity index (χ3v) is 5.76. The van der Waals surface area contributed by atoms with Crippen molar-refractivity contribution < 1.29 is 0 Å². The Bertz CT molecular complexity index is 468. The Morgan fingerprint density at radius 2 is 2.20 bits per heavy atom. The molecule has 0 amide bonds. The molecule has 0 spiro atoms. The molecule has 3 heteroatoms. The Morgan fingerprint density at radius 1 is 1.40 bits per heavy atom. The fourth-order valence-corrected chi connectivity index (χ4v) is 4.39. The molecule has 110 valence electrons. The fourth-order valence-electron chi connectivity index (χ4n) is 3.25. The summed E-state index contributed by atoms with van der Waals surface area (Å²) in [6, 6.07) is 9.55. The van der Waals surface area contributed by atoms with Crippen LogP contribution < -0.4 is 5.73 Å². The molecule has 2 aliphatic rings. The molecule has 1 aromatic carbocycles. The molecule has 1 aliphatic heterocycles. The second-order valence-corrected chi connectivity index (χ2v) is 8.58. The van der Waals surface area contributed by atoms with Gasteiger partial charge in [-0.3, -0.25) is 4.90 Å². The summed E-state index contributed by atoms with van der Waals surface area (Å²) in [4.78, 5) is 2.59. The lowest BCUT2D eigenvalue weighted by Crippen LogP contribution is -2.46. The second-order valence-electron chi connectivity index (χ2n) is 6.77. The van der Waals surface area contributed by atoms with E-state index in [9.17, 15) is 0 Å². The highest BCUT2D eigenvalue weighted by Crippen LogP contribution is 2.41. The maximum absolute atomic E-state index is 6.12. The number of nitrogens with two attached hydrogens (primary N) is 1. The first-order valence-electron chi connectivity index (χ1n) is 7.77. The number of rotatable bonds is 4. The predicted octanol–water partition coefficient (Wildman–Crippen LogP) is 3.39. The smallest absolute Gasteiger partial charge is 0.0471 e. The molecule has 0 radical (unpaired) electrons. The van der Waals surface area contributed by atoms with Gasteiger partial charge in [-0.1, -0.05) is 24.3 Å². The minimum Gasteiger partial charge on any atom is -0.329 e. The van der Waals surface area contributed by atoms with E-state index in [-0.39, 0.29) is 0 Å². The van der Waals surface area contributed by atoms with Crippen molar-refractivity contribution in [3.63, 3.8) is 0 Å². The molecule has 1 unspecified atom stereocenters. The van der Waals surface area contributed by atoms with E-state index in [1.807, 2.05) is 0 Å². The van der Waals surface area contributed by atoms with Gasteiger partial charge in [0, 0.05) is 36.2 Å². The van der Waals surface area contributed by atoms with E-state index in [4.69, 9.17) is 5.73 Å². The van der Waals surface area contributed by atoms with E-state index in [1.54, 1.807) is 0 Å². The van der Waals surface area contributed by atoms with Gasteiger partial charge in [0.1, 0.15) is 0 Å². The first-order chi connectivity index (χ1) is 9.59. The van der Waals surface area contributed by atoms with E-state index >= 15 is 0 Å². The van der Waals surface area contributed by atoms with Crippen molar-refractivity contribution in [2.75, 3.05) is 25.4 Å². The van der Waals surface area contributed by atoms with Gasteiger partial charge in [0.2, 0.25) is 0 Å². The zero-order chi connectivity index (χ0) is 14.2. The summed E-state index contributed by atoms with van der Waals surface area (Å²) < 4.78 is 0.347. The van der Waals surface area contributed by atoms with Gasteiger partial charge in [-0.15, -0.1) is 0 Å². The first kappa shape index (κ1) is 14.4. The Kier molecular flexibility index (Phi) is 4.11. The Hall–Kier alpha value is -0.510. The van der Waals surface area contributed by atoms with Gasteiger partial charge < -0.3 is 5.73 Å². The maximum atomic E-state index is 6.12. The third kappa shape index (κ3) is 3.21. The third-order valence-electron chi connectivity index (χ3n) is 4.46. The van der Waals surface area contributed by atoms with Crippen LogP contribution >= 0.6 is 11.8 Å². The topological polar surface area (TPSA) is 29.3 Å². The van der Waals surface area contributed by atoms with E-state index in [2.05, 4.69) is 54.8 Å². The highest BCUT2D eigenvalue weighted by molar-refractivity contribution is 8.00. The van der Waals surface area contributed by atoms with Crippen molar-refractivity contribution in [2.45, 2.75) is 43.4 Å². The van der Waals surface area contributed by atoms with Crippen LogP contribution in [0.25, 0.3) is 0 Å². The van der Waals surface area contributed by atoms with Gasteiger partial charge in [0.05, 0.1) is 0 Å². The number of nitrogens with zero attached hydrogens (tertiary/aromatic N) is 1. The first-order valence-corrected chi connectivity index (χ1v) is 8.75. The quantitative estimate of drug-likeness (QED) is 0.921. The van der Waals surface area contributed by atoms with Crippen molar-refractivity contribution in [1.82, 2.24) is 4.90 Å². The molecule has 3 rings (SSSR count). The zero-order valence-electron chi connectivity index (χ0n) is 12.6. The average molecular weight is 290 g/mol. The lowest BCUT2D eigenvalue weighted by atomic mass is 9.99. The molecule has 1 aliphatic carbocycles. The van der Waals surface area contributed by atoms with Gasteiger partial charge in [0.15, 0.2) is 0 Å². The molecule has 20 heavy (non-hydrogen) atoms. The minimum atomic E-state index is 0.347. The van der Waals surface area contributed by atoms with Gasteiger partial charge in [-0.2, -0.15) is 11.8 Å². The van der Waals surface area contributed by atoms with Crippen LogP contribution in [0.15, 0.2) is 24.3 Å². The minimum absolute atomic E-state index is 0.347. The van der Waals surface area contributed by atoms with Crippen molar-refractivity contribution in [1.29, 1.82) is 0 Å². The van der Waals surface area contributed by atoms with Gasteiger partial charge in [-0.25, -0.2) is 0 Å². The van der Waals surface area contributed by atoms with Crippen molar-refractivity contribution >= 4 is 11.8 Å².